The number of benzene rings is 2. The number of halogens is 4. The van der Waals surface area contributed by atoms with Gasteiger partial charge in [-0.3, -0.25) is 5.43 Å². The summed E-state index contributed by atoms with van der Waals surface area (Å²) in [5, 5.41) is 6.13. The maximum atomic E-state index is 14.1. The topological polar surface area (TPSA) is 46.5 Å². The largest absolute Gasteiger partial charge is 0.496 e. The number of hydrogen-bond acceptors (Lipinski definition) is 5. The predicted molar refractivity (Wildman–Crippen MR) is 96.7 cm³/mol. The predicted octanol–water partition coefficient (Wildman–Crippen LogP) is 5.42. The van der Waals surface area contributed by atoms with Crippen LogP contribution in [0.5, 0.6) is 5.75 Å². The standard InChI is InChI=1S/C18H13F4N3OS/c1-26-16-8-12(18(20,21)22)7-14(19)13(16)9-23-25-17-24-15(10-27-17)11-5-3-2-4-6-11/h2-10H,1H3,(H,24,25). The fourth-order valence-electron chi connectivity index (χ4n) is 2.27. The summed E-state index contributed by atoms with van der Waals surface area (Å²) in [5.74, 6) is -1.35. The monoisotopic (exact) mass is 395 g/mol. The lowest BCUT2D eigenvalue weighted by Gasteiger charge is -2.11. The Hall–Kier alpha value is -2.94. The number of ether oxygens (including phenoxy) is 1. The first-order valence-corrected chi connectivity index (χ1v) is 8.51. The zero-order valence-corrected chi connectivity index (χ0v) is 14.7. The summed E-state index contributed by atoms with van der Waals surface area (Å²) in [6.07, 6.45) is -3.62. The van der Waals surface area contributed by atoms with Crippen LogP contribution in [0.2, 0.25) is 0 Å². The molecule has 1 heterocycles. The first-order chi connectivity index (χ1) is 12.9. The third kappa shape index (κ3) is 4.43. The van der Waals surface area contributed by atoms with Gasteiger partial charge in [-0.25, -0.2) is 9.37 Å². The molecule has 0 aliphatic heterocycles. The van der Waals surface area contributed by atoms with Crippen molar-refractivity contribution in [3.8, 4) is 17.0 Å². The molecule has 0 unspecified atom stereocenters. The molecule has 0 saturated carbocycles. The van der Waals surface area contributed by atoms with Crippen molar-refractivity contribution in [3.05, 3.63) is 64.8 Å². The molecule has 0 radical (unpaired) electrons. The van der Waals surface area contributed by atoms with Gasteiger partial charge in [0.15, 0.2) is 0 Å². The zero-order chi connectivity index (χ0) is 19.4. The highest BCUT2D eigenvalue weighted by Gasteiger charge is 2.32. The van der Waals surface area contributed by atoms with Crippen LogP contribution in [0, 0.1) is 5.82 Å². The quantitative estimate of drug-likeness (QED) is 0.356. The molecule has 3 rings (SSSR count). The minimum absolute atomic E-state index is 0.196. The van der Waals surface area contributed by atoms with Gasteiger partial charge in [-0.05, 0) is 12.1 Å². The lowest BCUT2D eigenvalue weighted by Crippen LogP contribution is -2.08. The van der Waals surface area contributed by atoms with E-state index in [-0.39, 0.29) is 11.3 Å². The zero-order valence-electron chi connectivity index (χ0n) is 13.9. The van der Waals surface area contributed by atoms with Crippen molar-refractivity contribution < 1.29 is 22.3 Å². The van der Waals surface area contributed by atoms with Crippen molar-refractivity contribution in [2.24, 2.45) is 5.10 Å². The molecule has 9 heteroatoms. The number of anilines is 1. The van der Waals surface area contributed by atoms with E-state index in [1.54, 1.807) is 0 Å². The average molecular weight is 395 g/mol. The van der Waals surface area contributed by atoms with Gasteiger partial charge < -0.3 is 4.74 Å². The van der Waals surface area contributed by atoms with E-state index in [1.807, 2.05) is 35.7 Å². The van der Waals surface area contributed by atoms with Gasteiger partial charge in [-0.2, -0.15) is 18.3 Å². The maximum Gasteiger partial charge on any atom is 0.416 e. The molecule has 0 aliphatic rings. The molecule has 0 amide bonds. The Morgan fingerprint density at radius 1 is 1.19 bits per heavy atom. The average Bonchev–Trinajstić information content (AvgIpc) is 3.11. The van der Waals surface area contributed by atoms with E-state index in [1.165, 1.54) is 11.3 Å². The lowest BCUT2D eigenvalue weighted by atomic mass is 10.1. The number of nitrogens with one attached hydrogen (secondary N) is 1. The molecule has 0 spiro atoms. The van der Waals surface area contributed by atoms with Gasteiger partial charge in [0.2, 0.25) is 5.13 Å². The smallest absolute Gasteiger partial charge is 0.416 e. The molecule has 27 heavy (non-hydrogen) atoms. The van der Waals surface area contributed by atoms with Crippen LogP contribution in [0.3, 0.4) is 0 Å². The van der Waals surface area contributed by atoms with Gasteiger partial charge in [0.25, 0.3) is 0 Å². The van der Waals surface area contributed by atoms with Gasteiger partial charge in [0.05, 0.1) is 30.1 Å². The molecule has 1 N–H and O–H groups in total. The summed E-state index contributed by atoms with van der Waals surface area (Å²) < 4.78 is 57.2. The summed E-state index contributed by atoms with van der Waals surface area (Å²) >= 11 is 1.29. The SMILES string of the molecule is COc1cc(C(F)(F)F)cc(F)c1C=NNc1nc(-c2ccccc2)cs1. The van der Waals surface area contributed by atoms with Crippen molar-refractivity contribution in [2.75, 3.05) is 12.5 Å². The summed E-state index contributed by atoms with van der Waals surface area (Å²) in [6.45, 7) is 0. The van der Waals surface area contributed by atoms with E-state index >= 15 is 0 Å². The first kappa shape index (κ1) is 18.8. The van der Waals surface area contributed by atoms with Crippen molar-refractivity contribution in [1.29, 1.82) is 0 Å². The first-order valence-electron chi connectivity index (χ1n) is 7.63. The lowest BCUT2D eigenvalue weighted by molar-refractivity contribution is -0.137. The molecule has 0 atom stereocenters. The van der Waals surface area contributed by atoms with Crippen LogP contribution >= 0.6 is 11.3 Å². The van der Waals surface area contributed by atoms with Crippen molar-refractivity contribution in [3.63, 3.8) is 0 Å². The molecule has 1 aromatic heterocycles. The fraction of sp³-hybridized carbons (Fsp3) is 0.111. The molecular weight excluding hydrogens is 382 g/mol. The molecule has 3 aromatic rings. The third-order valence-electron chi connectivity index (χ3n) is 3.57. The van der Waals surface area contributed by atoms with Crippen molar-refractivity contribution in [1.82, 2.24) is 4.98 Å². The Morgan fingerprint density at radius 3 is 2.59 bits per heavy atom. The van der Waals surface area contributed by atoms with Crippen LogP contribution in [-0.2, 0) is 6.18 Å². The number of rotatable bonds is 5. The summed E-state index contributed by atoms with van der Waals surface area (Å²) in [4.78, 5) is 4.34. The maximum absolute atomic E-state index is 14.1. The van der Waals surface area contributed by atoms with Crippen LogP contribution in [0.4, 0.5) is 22.7 Å². The van der Waals surface area contributed by atoms with E-state index in [9.17, 15) is 17.6 Å². The van der Waals surface area contributed by atoms with Gasteiger partial charge in [0.1, 0.15) is 11.6 Å². The van der Waals surface area contributed by atoms with Gasteiger partial charge >= 0.3 is 6.18 Å². The number of nitrogens with zero attached hydrogens (tertiary/aromatic N) is 2. The van der Waals surface area contributed by atoms with Gasteiger partial charge in [-0.15, -0.1) is 11.3 Å². The molecule has 2 aromatic carbocycles. The Balaban J connectivity index is 1.78. The van der Waals surface area contributed by atoms with E-state index < -0.39 is 17.6 Å². The number of hydrogen-bond donors (Lipinski definition) is 1. The summed E-state index contributed by atoms with van der Waals surface area (Å²) in [7, 11) is 1.16. The van der Waals surface area contributed by atoms with Crippen LogP contribution in [0.15, 0.2) is 52.9 Å². The normalized spacial score (nSPS) is 11.7. The van der Waals surface area contributed by atoms with Crippen molar-refractivity contribution >= 4 is 22.7 Å². The minimum Gasteiger partial charge on any atom is -0.496 e. The number of hydrazone groups is 1. The molecule has 0 saturated heterocycles. The Bertz CT molecular complexity index is 955. The van der Waals surface area contributed by atoms with E-state index in [0.717, 1.165) is 30.6 Å². The van der Waals surface area contributed by atoms with Crippen molar-refractivity contribution in [2.45, 2.75) is 6.18 Å². The minimum atomic E-state index is -4.67. The fourth-order valence-corrected chi connectivity index (χ4v) is 2.94. The Morgan fingerprint density at radius 2 is 1.93 bits per heavy atom. The molecule has 0 bridgehead atoms. The van der Waals surface area contributed by atoms with Gasteiger partial charge in [-0.1, -0.05) is 30.3 Å². The number of thiazole rings is 1. The second-order valence-electron chi connectivity index (χ2n) is 5.35. The molecule has 0 aliphatic carbocycles. The Kier molecular flexibility index (Phi) is 5.41. The van der Waals surface area contributed by atoms with E-state index in [2.05, 4.69) is 15.5 Å². The number of methoxy groups -OCH3 is 1. The van der Waals surface area contributed by atoms with E-state index in [0.29, 0.717) is 11.2 Å². The second kappa shape index (κ2) is 7.75. The number of alkyl halides is 3. The highest BCUT2D eigenvalue weighted by molar-refractivity contribution is 7.14. The van der Waals surface area contributed by atoms with Crippen LogP contribution in [0.25, 0.3) is 11.3 Å². The van der Waals surface area contributed by atoms with Crippen LogP contribution in [-0.4, -0.2) is 18.3 Å². The van der Waals surface area contributed by atoms with E-state index in [4.69, 9.17) is 4.74 Å². The Labute approximate surface area is 156 Å². The second-order valence-corrected chi connectivity index (χ2v) is 6.20. The third-order valence-corrected chi connectivity index (χ3v) is 4.31. The molecule has 0 fully saturated rings. The highest BCUT2D eigenvalue weighted by atomic mass is 32.1. The van der Waals surface area contributed by atoms with Gasteiger partial charge in [0, 0.05) is 10.9 Å². The van der Waals surface area contributed by atoms with Crippen LogP contribution < -0.4 is 10.2 Å². The number of aromatic nitrogens is 1. The summed E-state index contributed by atoms with van der Waals surface area (Å²) in [5.41, 5.74) is 2.99. The molecular formula is C18H13F4N3OS. The molecule has 4 nitrogen and oxygen atoms in total. The van der Waals surface area contributed by atoms with Crippen LogP contribution in [0.1, 0.15) is 11.1 Å². The summed E-state index contributed by atoms with van der Waals surface area (Å²) in [6, 6.07) is 10.6. The molecule has 140 valence electrons. The highest BCUT2D eigenvalue weighted by Crippen LogP contribution is 2.34.